The van der Waals surface area contributed by atoms with Crippen molar-refractivity contribution in [3.8, 4) is 5.75 Å². The SMILES string of the molecule is CC[C@@H](C)NC(=O)[C@H](C)N(Cc1ccc(OC)cc1)C(=O)Cc1ccc(F)cc1. The molecule has 2 aromatic carbocycles. The summed E-state index contributed by atoms with van der Waals surface area (Å²) < 4.78 is 18.3. The van der Waals surface area contributed by atoms with E-state index in [1.54, 1.807) is 31.1 Å². The highest BCUT2D eigenvalue weighted by Gasteiger charge is 2.26. The second kappa shape index (κ2) is 10.6. The Kier molecular flexibility index (Phi) is 8.19. The first-order valence-corrected chi connectivity index (χ1v) is 9.81. The maximum Gasteiger partial charge on any atom is 0.242 e. The fraction of sp³-hybridized carbons (Fsp3) is 0.391. The number of benzene rings is 2. The smallest absolute Gasteiger partial charge is 0.242 e. The predicted octanol–water partition coefficient (Wildman–Crippen LogP) is 3.71. The molecule has 0 aromatic heterocycles. The number of methoxy groups -OCH3 is 1. The maximum absolute atomic E-state index is 13.2. The topological polar surface area (TPSA) is 58.6 Å². The van der Waals surface area contributed by atoms with Crippen LogP contribution >= 0.6 is 0 Å². The Bertz CT molecular complexity index is 806. The Balaban J connectivity index is 2.21. The molecule has 1 N–H and O–H groups in total. The molecule has 0 aliphatic carbocycles. The number of carbonyl (C=O) groups excluding carboxylic acids is 2. The monoisotopic (exact) mass is 400 g/mol. The van der Waals surface area contributed by atoms with Crippen LogP contribution in [-0.2, 0) is 22.6 Å². The third-order valence-corrected chi connectivity index (χ3v) is 4.95. The predicted molar refractivity (Wildman–Crippen MR) is 111 cm³/mol. The molecule has 0 unspecified atom stereocenters. The van der Waals surface area contributed by atoms with Crippen LogP contribution in [0.15, 0.2) is 48.5 Å². The molecule has 156 valence electrons. The van der Waals surface area contributed by atoms with Crippen LogP contribution in [0.1, 0.15) is 38.3 Å². The summed E-state index contributed by atoms with van der Waals surface area (Å²) in [5.41, 5.74) is 1.59. The molecule has 0 aliphatic rings. The molecule has 6 heteroatoms. The Labute approximate surface area is 171 Å². The summed E-state index contributed by atoms with van der Waals surface area (Å²) in [5.74, 6) is -0.0161. The molecule has 2 amide bonds. The molecule has 0 saturated carbocycles. The number of hydrogen-bond acceptors (Lipinski definition) is 3. The average molecular weight is 400 g/mol. The van der Waals surface area contributed by atoms with Crippen LogP contribution < -0.4 is 10.1 Å². The summed E-state index contributed by atoms with van der Waals surface area (Å²) in [6.45, 7) is 5.94. The number of nitrogens with one attached hydrogen (secondary N) is 1. The number of ether oxygens (including phenoxy) is 1. The van der Waals surface area contributed by atoms with E-state index in [1.807, 2.05) is 38.1 Å². The van der Waals surface area contributed by atoms with Crippen molar-refractivity contribution in [2.45, 2.75) is 52.2 Å². The van der Waals surface area contributed by atoms with Gasteiger partial charge in [-0.1, -0.05) is 31.2 Å². The second-order valence-electron chi connectivity index (χ2n) is 7.17. The Morgan fingerprint density at radius 3 is 2.17 bits per heavy atom. The van der Waals surface area contributed by atoms with Gasteiger partial charge in [0.15, 0.2) is 0 Å². The summed E-state index contributed by atoms with van der Waals surface area (Å²) in [7, 11) is 1.59. The van der Waals surface area contributed by atoms with Crippen molar-refractivity contribution in [3.63, 3.8) is 0 Å². The van der Waals surface area contributed by atoms with Crippen molar-refractivity contribution < 1.29 is 18.7 Å². The minimum Gasteiger partial charge on any atom is -0.497 e. The second-order valence-corrected chi connectivity index (χ2v) is 7.17. The fourth-order valence-electron chi connectivity index (χ4n) is 2.85. The number of hydrogen-bond donors (Lipinski definition) is 1. The lowest BCUT2D eigenvalue weighted by molar-refractivity contribution is -0.140. The third kappa shape index (κ3) is 6.59. The standard InChI is InChI=1S/C23H29FN2O3/c1-5-16(2)25-23(28)17(3)26(15-19-8-12-21(29-4)13-9-19)22(27)14-18-6-10-20(24)11-7-18/h6-13,16-17H,5,14-15H2,1-4H3,(H,25,28)/t16-,17+/m1/s1. The van der Waals surface area contributed by atoms with Crippen LogP contribution in [0.25, 0.3) is 0 Å². The molecule has 0 spiro atoms. The van der Waals surface area contributed by atoms with Crippen molar-refractivity contribution >= 4 is 11.8 Å². The molecular formula is C23H29FN2O3. The van der Waals surface area contributed by atoms with Gasteiger partial charge in [-0.15, -0.1) is 0 Å². The van der Waals surface area contributed by atoms with E-state index in [2.05, 4.69) is 5.32 Å². The molecule has 0 heterocycles. The van der Waals surface area contributed by atoms with Gasteiger partial charge in [-0.3, -0.25) is 9.59 Å². The van der Waals surface area contributed by atoms with Gasteiger partial charge in [0.1, 0.15) is 17.6 Å². The molecule has 2 atom stereocenters. The summed E-state index contributed by atoms with van der Waals surface area (Å²) in [5, 5.41) is 2.94. The van der Waals surface area contributed by atoms with E-state index in [0.717, 1.165) is 17.7 Å². The fourth-order valence-corrected chi connectivity index (χ4v) is 2.85. The van der Waals surface area contributed by atoms with E-state index in [9.17, 15) is 14.0 Å². The summed E-state index contributed by atoms with van der Waals surface area (Å²) >= 11 is 0. The number of carbonyl (C=O) groups is 2. The first kappa shape index (κ1) is 22.4. The molecule has 2 aromatic rings. The Morgan fingerprint density at radius 1 is 1.03 bits per heavy atom. The number of nitrogens with zero attached hydrogens (tertiary/aromatic N) is 1. The number of rotatable bonds is 9. The lowest BCUT2D eigenvalue weighted by Gasteiger charge is -2.30. The lowest BCUT2D eigenvalue weighted by Crippen LogP contribution is -2.49. The van der Waals surface area contributed by atoms with Crippen molar-refractivity contribution in [1.82, 2.24) is 10.2 Å². The van der Waals surface area contributed by atoms with Crippen molar-refractivity contribution in [1.29, 1.82) is 0 Å². The molecule has 29 heavy (non-hydrogen) atoms. The molecule has 0 saturated heterocycles. The van der Waals surface area contributed by atoms with Gasteiger partial charge in [0.2, 0.25) is 11.8 Å². The molecule has 5 nitrogen and oxygen atoms in total. The highest BCUT2D eigenvalue weighted by atomic mass is 19.1. The van der Waals surface area contributed by atoms with Gasteiger partial charge in [0.25, 0.3) is 0 Å². The Hall–Kier alpha value is -2.89. The molecular weight excluding hydrogens is 371 g/mol. The first-order valence-electron chi connectivity index (χ1n) is 9.81. The van der Waals surface area contributed by atoms with E-state index >= 15 is 0 Å². The van der Waals surface area contributed by atoms with Gasteiger partial charge >= 0.3 is 0 Å². The van der Waals surface area contributed by atoms with Gasteiger partial charge in [-0.25, -0.2) is 4.39 Å². The van der Waals surface area contributed by atoms with Gasteiger partial charge in [-0.2, -0.15) is 0 Å². The Morgan fingerprint density at radius 2 is 1.62 bits per heavy atom. The largest absolute Gasteiger partial charge is 0.497 e. The molecule has 2 rings (SSSR count). The van der Waals surface area contributed by atoms with Crippen LogP contribution in [0.5, 0.6) is 5.75 Å². The van der Waals surface area contributed by atoms with E-state index in [0.29, 0.717) is 12.1 Å². The van der Waals surface area contributed by atoms with Crippen LogP contribution in [0.3, 0.4) is 0 Å². The number of halogens is 1. The normalized spacial score (nSPS) is 12.7. The van der Waals surface area contributed by atoms with Gasteiger partial charge in [-0.05, 0) is 55.7 Å². The van der Waals surface area contributed by atoms with Gasteiger partial charge < -0.3 is 15.0 Å². The van der Waals surface area contributed by atoms with Crippen LogP contribution in [-0.4, -0.2) is 35.9 Å². The van der Waals surface area contributed by atoms with Crippen LogP contribution in [0.4, 0.5) is 4.39 Å². The molecule has 0 aliphatic heterocycles. The third-order valence-electron chi connectivity index (χ3n) is 4.95. The summed E-state index contributed by atoms with van der Waals surface area (Å²) in [6.07, 6.45) is 0.901. The highest BCUT2D eigenvalue weighted by molar-refractivity contribution is 5.88. The minimum absolute atomic E-state index is 0.0278. The van der Waals surface area contributed by atoms with E-state index in [1.165, 1.54) is 12.1 Å². The molecule has 0 radical (unpaired) electrons. The minimum atomic E-state index is -0.640. The van der Waals surface area contributed by atoms with Crippen molar-refractivity contribution in [2.75, 3.05) is 7.11 Å². The van der Waals surface area contributed by atoms with Crippen molar-refractivity contribution in [2.24, 2.45) is 0 Å². The van der Waals surface area contributed by atoms with Crippen LogP contribution in [0, 0.1) is 5.82 Å². The van der Waals surface area contributed by atoms with Gasteiger partial charge in [0, 0.05) is 12.6 Å². The quantitative estimate of drug-likeness (QED) is 0.698. The average Bonchev–Trinajstić information content (AvgIpc) is 2.73. The zero-order valence-electron chi connectivity index (χ0n) is 17.4. The lowest BCUT2D eigenvalue weighted by atomic mass is 10.1. The van der Waals surface area contributed by atoms with Crippen molar-refractivity contribution in [3.05, 3.63) is 65.5 Å². The van der Waals surface area contributed by atoms with Crippen LogP contribution in [0.2, 0.25) is 0 Å². The molecule has 0 fully saturated rings. The maximum atomic E-state index is 13.2. The zero-order chi connectivity index (χ0) is 21.4. The highest BCUT2D eigenvalue weighted by Crippen LogP contribution is 2.16. The first-order chi connectivity index (χ1) is 13.8. The van der Waals surface area contributed by atoms with Gasteiger partial charge in [0.05, 0.1) is 13.5 Å². The summed E-state index contributed by atoms with van der Waals surface area (Å²) in [6, 6.07) is 12.6. The van der Waals surface area contributed by atoms with E-state index in [4.69, 9.17) is 4.74 Å². The van der Waals surface area contributed by atoms with E-state index in [-0.39, 0.29) is 30.1 Å². The zero-order valence-corrected chi connectivity index (χ0v) is 17.4. The van der Waals surface area contributed by atoms with E-state index < -0.39 is 6.04 Å². The number of amides is 2. The molecule has 0 bridgehead atoms. The summed E-state index contributed by atoms with van der Waals surface area (Å²) in [4.78, 5) is 27.3.